The summed E-state index contributed by atoms with van der Waals surface area (Å²) in [7, 11) is 0. The quantitative estimate of drug-likeness (QED) is 0.884. The first kappa shape index (κ1) is 11.5. The third-order valence-electron chi connectivity index (χ3n) is 1.98. The Labute approximate surface area is 103 Å². The zero-order valence-electron chi connectivity index (χ0n) is 9.01. The SMILES string of the molecule is Cc1cnc(C(=O)Nc2cc(Cl)ccn2)cn1. The van der Waals surface area contributed by atoms with E-state index in [4.69, 9.17) is 11.6 Å². The molecule has 0 saturated heterocycles. The van der Waals surface area contributed by atoms with Crippen LogP contribution in [0.5, 0.6) is 0 Å². The number of hydrogen-bond acceptors (Lipinski definition) is 4. The minimum atomic E-state index is -0.368. The molecule has 2 heterocycles. The van der Waals surface area contributed by atoms with Crippen molar-refractivity contribution in [2.45, 2.75) is 6.92 Å². The van der Waals surface area contributed by atoms with Crippen molar-refractivity contribution in [2.24, 2.45) is 0 Å². The summed E-state index contributed by atoms with van der Waals surface area (Å²) in [6, 6.07) is 3.18. The van der Waals surface area contributed by atoms with Crippen molar-refractivity contribution >= 4 is 23.3 Å². The minimum Gasteiger partial charge on any atom is -0.305 e. The summed E-state index contributed by atoms with van der Waals surface area (Å²) in [5.41, 5.74) is 0.986. The number of carbonyl (C=O) groups is 1. The van der Waals surface area contributed by atoms with Crippen LogP contribution in [0.15, 0.2) is 30.7 Å². The molecule has 2 aromatic rings. The molecule has 2 aromatic heterocycles. The van der Waals surface area contributed by atoms with Gasteiger partial charge in [0.05, 0.1) is 11.9 Å². The zero-order chi connectivity index (χ0) is 12.3. The molecule has 0 aliphatic rings. The molecule has 0 radical (unpaired) electrons. The Bertz CT molecular complexity index is 541. The van der Waals surface area contributed by atoms with Crippen LogP contribution in [0.3, 0.4) is 0 Å². The lowest BCUT2D eigenvalue weighted by atomic mass is 10.4. The van der Waals surface area contributed by atoms with Crippen molar-refractivity contribution in [1.29, 1.82) is 0 Å². The maximum Gasteiger partial charge on any atom is 0.277 e. The first-order chi connectivity index (χ1) is 8.15. The molecule has 2 rings (SSSR count). The van der Waals surface area contributed by atoms with Gasteiger partial charge >= 0.3 is 0 Å². The summed E-state index contributed by atoms with van der Waals surface area (Å²) in [5.74, 6) is 0.0112. The van der Waals surface area contributed by atoms with Crippen LogP contribution in [0.4, 0.5) is 5.82 Å². The minimum absolute atomic E-state index is 0.234. The van der Waals surface area contributed by atoms with Crippen LogP contribution in [-0.2, 0) is 0 Å². The van der Waals surface area contributed by atoms with Crippen LogP contribution in [0.1, 0.15) is 16.2 Å². The normalized spacial score (nSPS) is 10.0. The van der Waals surface area contributed by atoms with Gasteiger partial charge in [0.15, 0.2) is 0 Å². The summed E-state index contributed by atoms with van der Waals surface area (Å²) in [6.07, 6.45) is 4.45. The van der Waals surface area contributed by atoms with E-state index in [2.05, 4.69) is 20.3 Å². The Morgan fingerprint density at radius 3 is 2.76 bits per heavy atom. The van der Waals surface area contributed by atoms with Crippen LogP contribution in [0, 0.1) is 6.92 Å². The third kappa shape index (κ3) is 2.98. The third-order valence-corrected chi connectivity index (χ3v) is 2.21. The van der Waals surface area contributed by atoms with E-state index in [0.717, 1.165) is 5.69 Å². The van der Waals surface area contributed by atoms with Crippen LogP contribution in [-0.4, -0.2) is 20.9 Å². The lowest BCUT2D eigenvalue weighted by molar-refractivity contribution is 0.102. The van der Waals surface area contributed by atoms with Crippen molar-refractivity contribution in [3.63, 3.8) is 0 Å². The van der Waals surface area contributed by atoms with Crippen molar-refractivity contribution < 1.29 is 4.79 Å². The van der Waals surface area contributed by atoms with E-state index < -0.39 is 0 Å². The monoisotopic (exact) mass is 248 g/mol. The average molecular weight is 249 g/mol. The zero-order valence-corrected chi connectivity index (χ0v) is 9.77. The van der Waals surface area contributed by atoms with Gasteiger partial charge in [0.25, 0.3) is 5.91 Å². The number of hydrogen-bond donors (Lipinski definition) is 1. The molecular weight excluding hydrogens is 240 g/mol. The summed E-state index contributed by atoms with van der Waals surface area (Å²) in [4.78, 5) is 23.6. The summed E-state index contributed by atoms with van der Waals surface area (Å²) >= 11 is 5.78. The van der Waals surface area contributed by atoms with Gasteiger partial charge in [0.2, 0.25) is 0 Å². The van der Waals surface area contributed by atoms with Gasteiger partial charge in [-0.3, -0.25) is 9.78 Å². The Balaban J connectivity index is 2.14. The highest BCUT2D eigenvalue weighted by atomic mass is 35.5. The van der Waals surface area contributed by atoms with Crippen LogP contribution >= 0.6 is 11.6 Å². The van der Waals surface area contributed by atoms with Crippen LogP contribution < -0.4 is 5.32 Å². The first-order valence-electron chi connectivity index (χ1n) is 4.87. The Morgan fingerprint density at radius 2 is 2.12 bits per heavy atom. The fourth-order valence-electron chi connectivity index (χ4n) is 1.16. The molecule has 0 fully saturated rings. The van der Waals surface area contributed by atoms with Gasteiger partial charge in [-0.1, -0.05) is 11.6 Å². The van der Waals surface area contributed by atoms with Gasteiger partial charge < -0.3 is 5.32 Å². The van der Waals surface area contributed by atoms with E-state index in [1.54, 1.807) is 19.1 Å². The number of aromatic nitrogens is 3. The predicted octanol–water partition coefficient (Wildman–Crippen LogP) is 2.09. The maximum atomic E-state index is 11.7. The first-order valence-corrected chi connectivity index (χ1v) is 5.24. The highest BCUT2D eigenvalue weighted by Gasteiger charge is 2.08. The molecule has 5 nitrogen and oxygen atoms in total. The van der Waals surface area contributed by atoms with Gasteiger partial charge in [-0.15, -0.1) is 0 Å². The smallest absolute Gasteiger partial charge is 0.277 e. The fraction of sp³-hybridized carbons (Fsp3) is 0.0909. The van der Waals surface area contributed by atoms with E-state index >= 15 is 0 Å². The second-order valence-corrected chi connectivity index (χ2v) is 3.79. The topological polar surface area (TPSA) is 67.8 Å². The number of anilines is 1. The molecule has 0 unspecified atom stereocenters. The number of aryl methyl sites for hydroxylation is 1. The summed E-state index contributed by atoms with van der Waals surface area (Å²) in [5, 5.41) is 3.09. The summed E-state index contributed by atoms with van der Waals surface area (Å²) < 4.78 is 0. The molecule has 1 amide bonds. The van der Waals surface area contributed by atoms with Crippen molar-refractivity contribution in [2.75, 3.05) is 5.32 Å². The fourth-order valence-corrected chi connectivity index (χ4v) is 1.32. The maximum absolute atomic E-state index is 11.7. The van der Waals surface area contributed by atoms with E-state index in [9.17, 15) is 4.79 Å². The molecule has 0 atom stereocenters. The number of halogens is 1. The number of nitrogens with zero attached hydrogens (tertiary/aromatic N) is 3. The lowest BCUT2D eigenvalue weighted by Crippen LogP contribution is -2.14. The second-order valence-electron chi connectivity index (χ2n) is 3.36. The van der Waals surface area contributed by atoms with Crippen molar-refractivity contribution in [1.82, 2.24) is 15.0 Å². The molecule has 0 aliphatic carbocycles. The molecule has 0 bridgehead atoms. The largest absolute Gasteiger partial charge is 0.305 e. The highest BCUT2D eigenvalue weighted by molar-refractivity contribution is 6.30. The summed E-state index contributed by atoms with van der Waals surface area (Å²) in [6.45, 7) is 1.80. The molecule has 0 aliphatic heterocycles. The van der Waals surface area contributed by atoms with E-state index in [0.29, 0.717) is 10.8 Å². The standard InChI is InChI=1S/C11H9ClN4O/c1-7-5-15-9(6-14-7)11(17)16-10-4-8(12)2-3-13-10/h2-6H,1H3,(H,13,16,17). The van der Waals surface area contributed by atoms with Crippen molar-refractivity contribution in [3.05, 3.63) is 47.1 Å². The van der Waals surface area contributed by atoms with Crippen molar-refractivity contribution in [3.8, 4) is 0 Å². The van der Waals surface area contributed by atoms with Gasteiger partial charge in [-0.05, 0) is 19.1 Å². The van der Waals surface area contributed by atoms with Gasteiger partial charge in [-0.25, -0.2) is 9.97 Å². The number of rotatable bonds is 2. The molecule has 17 heavy (non-hydrogen) atoms. The van der Waals surface area contributed by atoms with Crippen LogP contribution in [0.2, 0.25) is 5.02 Å². The predicted molar refractivity (Wildman–Crippen MR) is 64.0 cm³/mol. The molecule has 1 N–H and O–H groups in total. The highest BCUT2D eigenvalue weighted by Crippen LogP contribution is 2.12. The van der Waals surface area contributed by atoms with Gasteiger partial charge in [0, 0.05) is 17.4 Å². The molecule has 0 spiro atoms. The molecule has 0 aromatic carbocycles. The van der Waals surface area contributed by atoms with Gasteiger partial charge in [-0.2, -0.15) is 0 Å². The Hall–Kier alpha value is -2.01. The molecular formula is C11H9ClN4O. The average Bonchev–Trinajstić information content (AvgIpc) is 2.29. The number of pyridine rings is 1. The molecule has 0 saturated carbocycles. The van der Waals surface area contributed by atoms with Crippen LogP contribution in [0.25, 0.3) is 0 Å². The number of nitrogens with one attached hydrogen (secondary N) is 1. The van der Waals surface area contributed by atoms with Gasteiger partial charge in [0.1, 0.15) is 11.5 Å². The lowest BCUT2D eigenvalue weighted by Gasteiger charge is -2.03. The Morgan fingerprint density at radius 1 is 1.29 bits per heavy atom. The molecule has 86 valence electrons. The van der Waals surface area contributed by atoms with E-state index in [1.165, 1.54) is 18.6 Å². The second kappa shape index (κ2) is 4.88. The van der Waals surface area contributed by atoms with E-state index in [1.807, 2.05) is 0 Å². The Kier molecular flexibility index (Phi) is 3.30. The number of carbonyl (C=O) groups excluding carboxylic acids is 1. The number of amides is 1. The molecule has 6 heteroatoms. The van der Waals surface area contributed by atoms with E-state index in [-0.39, 0.29) is 11.6 Å².